The van der Waals surface area contributed by atoms with Gasteiger partial charge in [0.25, 0.3) is 0 Å². The van der Waals surface area contributed by atoms with Crippen LogP contribution in [0.2, 0.25) is 0 Å². The van der Waals surface area contributed by atoms with Crippen molar-refractivity contribution < 1.29 is 9.84 Å². The number of nitrogens with zero attached hydrogens (tertiary/aromatic N) is 2. The number of likely N-dealkylation sites (N-methyl/N-ethyl adjacent to an activating group) is 1. The van der Waals surface area contributed by atoms with Gasteiger partial charge in [-0.3, -0.25) is 0 Å². The third-order valence-electron chi connectivity index (χ3n) is 4.45. The summed E-state index contributed by atoms with van der Waals surface area (Å²) in [5.74, 6) is 0.774. The van der Waals surface area contributed by atoms with E-state index >= 15 is 0 Å². The van der Waals surface area contributed by atoms with Gasteiger partial charge in [0.15, 0.2) is 0 Å². The second-order valence-corrected chi connectivity index (χ2v) is 8.32. The van der Waals surface area contributed by atoms with Crippen molar-refractivity contribution in [2.45, 2.75) is 58.8 Å². The highest BCUT2D eigenvalue weighted by Crippen LogP contribution is 2.42. The maximum absolute atomic E-state index is 10.7. The summed E-state index contributed by atoms with van der Waals surface area (Å²) in [7, 11) is 4.21. The molecule has 1 aliphatic heterocycles. The highest BCUT2D eigenvalue weighted by Gasteiger charge is 2.53. The first kappa shape index (κ1) is 18.9. The fourth-order valence-electron chi connectivity index (χ4n) is 3.39. The molecule has 2 atom stereocenters. The highest BCUT2D eigenvalue weighted by atomic mass is 16.5. The van der Waals surface area contributed by atoms with Gasteiger partial charge in [-0.25, -0.2) is 0 Å². The molecule has 1 aliphatic rings. The van der Waals surface area contributed by atoms with Crippen molar-refractivity contribution in [2.24, 2.45) is 11.8 Å². The first-order valence-electron chi connectivity index (χ1n) is 8.21. The van der Waals surface area contributed by atoms with Crippen LogP contribution in [0, 0.1) is 11.8 Å². The Labute approximate surface area is 131 Å². The van der Waals surface area contributed by atoms with E-state index < -0.39 is 11.7 Å². The maximum Gasteiger partial charge on any atom is 0.0896 e. The van der Waals surface area contributed by atoms with Gasteiger partial charge in [-0.15, -0.1) is 0 Å². The molecule has 21 heavy (non-hydrogen) atoms. The lowest BCUT2D eigenvalue weighted by Gasteiger charge is -2.34. The van der Waals surface area contributed by atoms with E-state index in [0.717, 1.165) is 26.2 Å². The van der Waals surface area contributed by atoms with Crippen molar-refractivity contribution in [3.8, 4) is 0 Å². The average Bonchev–Trinajstić information content (AvgIpc) is 2.43. The van der Waals surface area contributed by atoms with Crippen molar-refractivity contribution >= 4 is 0 Å². The molecule has 0 spiro atoms. The summed E-state index contributed by atoms with van der Waals surface area (Å²) in [6.07, 6.45) is -0.415. The second-order valence-electron chi connectivity index (χ2n) is 8.32. The van der Waals surface area contributed by atoms with Crippen LogP contribution in [0.1, 0.15) is 41.5 Å². The zero-order valence-electron chi connectivity index (χ0n) is 15.3. The summed E-state index contributed by atoms with van der Waals surface area (Å²) in [5.41, 5.74) is -0.741. The molecule has 2 unspecified atom stereocenters. The van der Waals surface area contributed by atoms with E-state index in [2.05, 4.69) is 51.6 Å². The molecule has 1 fully saturated rings. The molecule has 0 amide bonds. The number of hydrogen-bond donors (Lipinski definition) is 1. The number of aliphatic hydroxyl groups is 1. The lowest BCUT2D eigenvalue weighted by molar-refractivity contribution is -0.0914. The molecule has 126 valence electrons. The summed E-state index contributed by atoms with van der Waals surface area (Å²) >= 11 is 0. The minimum Gasteiger partial charge on any atom is -0.390 e. The van der Waals surface area contributed by atoms with Crippen LogP contribution < -0.4 is 0 Å². The van der Waals surface area contributed by atoms with Crippen molar-refractivity contribution in [3.63, 3.8) is 0 Å². The SMILES string of the molecule is CC(C)CN(CCN(C)C)CC1C(O)C(C)(C)OC1(C)C. The number of rotatable bonds is 7. The zero-order valence-corrected chi connectivity index (χ0v) is 15.3. The summed E-state index contributed by atoms with van der Waals surface area (Å²) < 4.78 is 6.11. The molecule has 0 aromatic heterocycles. The third-order valence-corrected chi connectivity index (χ3v) is 4.45. The van der Waals surface area contributed by atoms with Crippen molar-refractivity contribution in [1.82, 2.24) is 9.80 Å². The Morgan fingerprint density at radius 2 is 1.62 bits per heavy atom. The summed E-state index contributed by atoms with van der Waals surface area (Å²) in [6, 6.07) is 0. The Morgan fingerprint density at radius 1 is 1.05 bits per heavy atom. The first-order chi connectivity index (χ1) is 9.45. The van der Waals surface area contributed by atoms with Gasteiger partial charge in [-0.05, 0) is 47.7 Å². The Morgan fingerprint density at radius 3 is 2.00 bits per heavy atom. The van der Waals surface area contributed by atoms with Crippen LogP contribution in [0.3, 0.4) is 0 Å². The molecule has 0 aliphatic carbocycles. The van der Waals surface area contributed by atoms with Crippen molar-refractivity contribution in [1.29, 1.82) is 0 Å². The number of aliphatic hydroxyl groups excluding tert-OH is 1. The smallest absolute Gasteiger partial charge is 0.0896 e. The van der Waals surface area contributed by atoms with E-state index in [9.17, 15) is 5.11 Å². The topological polar surface area (TPSA) is 35.9 Å². The molecule has 4 nitrogen and oxygen atoms in total. The summed E-state index contributed by atoms with van der Waals surface area (Å²) in [6.45, 7) is 16.7. The lowest BCUT2D eigenvalue weighted by Crippen LogP contribution is -2.46. The van der Waals surface area contributed by atoms with E-state index in [4.69, 9.17) is 4.74 Å². The molecule has 1 saturated heterocycles. The molecule has 0 radical (unpaired) electrons. The summed E-state index contributed by atoms with van der Waals surface area (Å²) in [4.78, 5) is 4.69. The molecule has 1 heterocycles. The predicted molar refractivity (Wildman–Crippen MR) is 88.6 cm³/mol. The van der Waals surface area contributed by atoms with Crippen LogP contribution in [0.25, 0.3) is 0 Å². The fraction of sp³-hybridized carbons (Fsp3) is 1.00. The Kier molecular flexibility index (Phi) is 6.25. The summed E-state index contributed by atoms with van der Waals surface area (Å²) in [5, 5.41) is 10.7. The lowest BCUT2D eigenvalue weighted by atomic mass is 9.84. The number of ether oxygens (including phenoxy) is 1. The van der Waals surface area contributed by atoms with Gasteiger partial charge >= 0.3 is 0 Å². The van der Waals surface area contributed by atoms with Crippen molar-refractivity contribution in [3.05, 3.63) is 0 Å². The molecule has 1 rings (SSSR count). The minimum atomic E-state index is -0.459. The van der Waals surface area contributed by atoms with E-state index in [0.29, 0.717) is 5.92 Å². The third kappa shape index (κ3) is 5.20. The van der Waals surface area contributed by atoms with E-state index in [-0.39, 0.29) is 11.5 Å². The van der Waals surface area contributed by atoms with E-state index in [1.165, 1.54) is 0 Å². The molecule has 4 heteroatoms. The number of hydrogen-bond acceptors (Lipinski definition) is 4. The van der Waals surface area contributed by atoms with E-state index in [1.807, 2.05) is 13.8 Å². The largest absolute Gasteiger partial charge is 0.390 e. The van der Waals surface area contributed by atoms with Gasteiger partial charge in [-0.1, -0.05) is 13.8 Å². The maximum atomic E-state index is 10.7. The Hall–Kier alpha value is -0.160. The van der Waals surface area contributed by atoms with Gasteiger partial charge in [0.1, 0.15) is 0 Å². The van der Waals surface area contributed by atoms with Crippen LogP contribution in [0.4, 0.5) is 0 Å². The standard InChI is InChI=1S/C17H36N2O2/c1-13(2)11-19(10-9-18(7)8)12-14-15(20)17(5,6)21-16(14,3)4/h13-15,20H,9-12H2,1-8H3. The van der Waals surface area contributed by atoms with Gasteiger partial charge in [-0.2, -0.15) is 0 Å². The normalized spacial score (nSPS) is 28.0. The average molecular weight is 300 g/mol. The minimum absolute atomic E-state index is 0.147. The van der Waals surface area contributed by atoms with Crippen LogP contribution in [-0.4, -0.2) is 72.5 Å². The van der Waals surface area contributed by atoms with Gasteiger partial charge in [0, 0.05) is 32.1 Å². The first-order valence-corrected chi connectivity index (χ1v) is 8.21. The van der Waals surface area contributed by atoms with Crippen LogP contribution in [-0.2, 0) is 4.74 Å². The van der Waals surface area contributed by atoms with Crippen molar-refractivity contribution in [2.75, 3.05) is 40.3 Å². The Bertz CT molecular complexity index is 327. The fourth-order valence-corrected chi connectivity index (χ4v) is 3.39. The second kappa shape index (κ2) is 6.95. The molecule has 0 aromatic carbocycles. The van der Waals surface area contributed by atoms with Crippen LogP contribution in [0.5, 0.6) is 0 Å². The quantitative estimate of drug-likeness (QED) is 0.781. The van der Waals surface area contributed by atoms with E-state index in [1.54, 1.807) is 0 Å². The zero-order chi connectivity index (χ0) is 16.4. The van der Waals surface area contributed by atoms with Gasteiger partial charge < -0.3 is 19.6 Å². The van der Waals surface area contributed by atoms with Crippen LogP contribution >= 0.6 is 0 Å². The van der Waals surface area contributed by atoms with Gasteiger partial charge in [0.05, 0.1) is 17.3 Å². The molecule has 0 bridgehead atoms. The highest BCUT2D eigenvalue weighted by molar-refractivity contribution is 5.02. The molecule has 0 aromatic rings. The molecular weight excluding hydrogens is 264 g/mol. The molecule has 0 saturated carbocycles. The molecular formula is C17H36N2O2. The Balaban J connectivity index is 2.76. The van der Waals surface area contributed by atoms with Gasteiger partial charge in [0.2, 0.25) is 0 Å². The van der Waals surface area contributed by atoms with Crippen LogP contribution in [0.15, 0.2) is 0 Å². The predicted octanol–water partition coefficient (Wildman–Crippen LogP) is 2.07. The monoisotopic (exact) mass is 300 g/mol. The molecule has 1 N–H and O–H groups in total.